The van der Waals surface area contributed by atoms with Crippen LogP contribution in [0.5, 0.6) is 0 Å². The zero-order valence-corrected chi connectivity index (χ0v) is 7.76. The van der Waals surface area contributed by atoms with Gasteiger partial charge in [-0.25, -0.2) is 0 Å². The van der Waals surface area contributed by atoms with Gasteiger partial charge in [0.15, 0.2) is 0 Å². The summed E-state index contributed by atoms with van der Waals surface area (Å²) >= 11 is 3.55. The second-order valence-electron chi connectivity index (χ2n) is 2.75. The Morgan fingerprint density at radius 3 is 3.00 bits per heavy atom. The highest BCUT2D eigenvalue weighted by Crippen LogP contribution is 2.26. The molecule has 0 nitrogen and oxygen atoms in total. The summed E-state index contributed by atoms with van der Waals surface area (Å²) in [5.41, 5.74) is 2.82. The quantitative estimate of drug-likeness (QED) is 0.614. The average molecular weight is 209 g/mol. The van der Waals surface area contributed by atoms with Crippen molar-refractivity contribution in [2.75, 3.05) is 0 Å². The number of benzene rings is 1. The summed E-state index contributed by atoms with van der Waals surface area (Å²) in [5.74, 6) is 0. The number of hydrogen-bond acceptors (Lipinski definition) is 0. The maximum atomic E-state index is 3.55. The zero-order chi connectivity index (χ0) is 7.68. The minimum Gasteiger partial charge on any atom is -0.0836 e. The van der Waals surface area contributed by atoms with Crippen molar-refractivity contribution in [2.45, 2.75) is 12.8 Å². The van der Waals surface area contributed by atoms with Gasteiger partial charge in [0.2, 0.25) is 0 Å². The van der Waals surface area contributed by atoms with Crippen LogP contribution in [-0.2, 0) is 6.42 Å². The summed E-state index contributed by atoms with van der Waals surface area (Å²) in [6, 6.07) is 6.35. The van der Waals surface area contributed by atoms with Gasteiger partial charge in [0, 0.05) is 4.47 Å². The van der Waals surface area contributed by atoms with Crippen molar-refractivity contribution in [1.29, 1.82) is 0 Å². The third-order valence-electron chi connectivity index (χ3n) is 2.01. The lowest BCUT2D eigenvalue weighted by molar-refractivity contribution is 0.978. The molecule has 0 unspecified atom stereocenters. The number of allylic oxidation sites excluding steroid dienone is 1. The predicted octanol–water partition coefficient (Wildman–Crippen LogP) is 3.41. The Balaban J connectivity index is 2.60. The van der Waals surface area contributed by atoms with Gasteiger partial charge in [-0.05, 0) is 30.0 Å². The van der Waals surface area contributed by atoms with E-state index >= 15 is 0 Å². The van der Waals surface area contributed by atoms with Crippen LogP contribution in [0.1, 0.15) is 17.5 Å². The van der Waals surface area contributed by atoms with E-state index in [0.717, 1.165) is 0 Å². The van der Waals surface area contributed by atoms with Crippen molar-refractivity contribution in [3.05, 3.63) is 39.9 Å². The molecule has 0 bridgehead atoms. The monoisotopic (exact) mass is 208 g/mol. The lowest BCUT2D eigenvalue weighted by Crippen LogP contribution is -1.94. The van der Waals surface area contributed by atoms with Crippen LogP contribution in [0.25, 0.3) is 6.08 Å². The number of halogens is 1. The van der Waals surface area contributed by atoms with Gasteiger partial charge in [-0.1, -0.05) is 40.2 Å². The van der Waals surface area contributed by atoms with Gasteiger partial charge in [-0.2, -0.15) is 0 Å². The van der Waals surface area contributed by atoms with Crippen molar-refractivity contribution in [3.8, 4) is 0 Å². The Morgan fingerprint density at radius 1 is 1.27 bits per heavy atom. The highest BCUT2D eigenvalue weighted by Gasteiger charge is 2.05. The van der Waals surface area contributed by atoms with E-state index in [4.69, 9.17) is 0 Å². The normalized spacial score (nSPS) is 14.6. The van der Waals surface area contributed by atoms with Gasteiger partial charge in [-0.3, -0.25) is 0 Å². The molecule has 0 saturated heterocycles. The van der Waals surface area contributed by atoms with E-state index in [0.29, 0.717) is 0 Å². The Kier molecular flexibility index (Phi) is 1.82. The summed E-state index contributed by atoms with van der Waals surface area (Å²) in [6.07, 6.45) is 6.78. The first-order valence-corrected chi connectivity index (χ1v) is 4.61. The highest BCUT2D eigenvalue weighted by molar-refractivity contribution is 9.10. The van der Waals surface area contributed by atoms with Crippen LogP contribution < -0.4 is 0 Å². The van der Waals surface area contributed by atoms with Gasteiger partial charge in [0.25, 0.3) is 0 Å². The lowest BCUT2D eigenvalue weighted by atomic mass is 9.98. The van der Waals surface area contributed by atoms with E-state index in [9.17, 15) is 0 Å². The van der Waals surface area contributed by atoms with Crippen molar-refractivity contribution in [2.24, 2.45) is 0 Å². The third-order valence-corrected chi connectivity index (χ3v) is 2.76. The molecule has 0 aromatic heterocycles. The first kappa shape index (κ1) is 7.11. The fourth-order valence-corrected chi connectivity index (χ4v) is 2.01. The number of fused-ring (bicyclic) bond motifs is 1. The molecule has 0 spiro atoms. The Morgan fingerprint density at radius 2 is 2.18 bits per heavy atom. The number of rotatable bonds is 0. The molecule has 0 radical (unpaired) electrons. The van der Waals surface area contributed by atoms with Crippen molar-refractivity contribution in [1.82, 2.24) is 0 Å². The minimum atomic E-state index is 1.17. The summed E-state index contributed by atoms with van der Waals surface area (Å²) in [4.78, 5) is 0. The summed E-state index contributed by atoms with van der Waals surface area (Å²) in [7, 11) is 0. The minimum absolute atomic E-state index is 1.17. The first-order valence-electron chi connectivity index (χ1n) is 3.82. The third kappa shape index (κ3) is 1.25. The molecule has 0 amide bonds. The van der Waals surface area contributed by atoms with E-state index in [-0.39, 0.29) is 0 Å². The van der Waals surface area contributed by atoms with Crippen molar-refractivity contribution < 1.29 is 0 Å². The second-order valence-corrected chi connectivity index (χ2v) is 3.60. The fraction of sp³-hybridized carbons (Fsp3) is 0.200. The average Bonchev–Trinajstić information content (AvgIpc) is 2.06. The van der Waals surface area contributed by atoms with Crippen LogP contribution in [0.4, 0.5) is 0 Å². The molecule has 1 heteroatoms. The molecule has 1 aromatic carbocycles. The summed E-state index contributed by atoms with van der Waals surface area (Å²) in [6.45, 7) is 0. The van der Waals surface area contributed by atoms with Gasteiger partial charge in [-0.15, -0.1) is 0 Å². The SMILES string of the molecule is Brc1cccc2c1CCC=C2. The molecule has 2 rings (SSSR count). The first-order chi connectivity index (χ1) is 5.38. The zero-order valence-electron chi connectivity index (χ0n) is 6.18. The Bertz CT molecular complexity index is 300. The molecule has 0 heterocycles. The largest absolute Gasteiger partial charge is 0.0836 e. The fourth-order valence-electron chi connectivity index (χ4n) is 1.43. The summed E-state index contributed by atoms with van der Waals surface area (Å²) < 4.78 is 1.25. The molecule has 1 aromatic rings. The maximum Gasteiger partial charge on any atom is 0.0213 e. The standard InChI is InChI=1S/C10H9Br/c11-10-7-3-5-8-4-1-2-6-9(8)10/h1,3-5,7H,2,6H2. The van der Waals surface area contributed by atoms with Crippen LogP contribution in [0.2, 0.25) is 0 Å². The van der Waals surface area contributed by atoms with Crippen LogP contribution in [0.15, 0.2) is 28.7 Å². The predicted molar refractivity (Wildman–Crippen MR) is 51.5 cm³/mol. The Hall–Kier alpha value is -0.560. The molecule has 0 fully saturated rings. The summed E-state index contributed by atoms with van der Waals surface area (Å²) in [5, 5.41) is 0. The van der Waals surface area contributed by atoms with Crippen LogP contribution in [-0.4, -0.2) is 0 Å². The van der Waals surface area contributed by atoms with E-state index in [1.807, 2.05) is 0 Å². The smallest absolute Gasteiger partial charge is 0.0213 e. The number of hydrogen-bond donors (Lipinski definition) is 0. The molecular formula is C10H9Br. The molecule has 1 aliphatic rings. The van der Waals surface area contributed by atoms with Gasteiger partial charge in [0.1, 0.15) is 0 Å². The van der Waals surface area contributed by atoms with Gasteiger partial charge < -0.3 is 0 Å². The van der Waals surface area contributed by atoms with Crippen LogP contribution >= 0.6 is 15.9 Å². The second kappa shape index (κ2) is 2.82. The molecule has 11 heavy (non-hydrogen) atoms. The van der Waals surface area contributed by atoms with Gasteiger partial charge >= 0.3 is 0 Å². The molecular weight excluding hydrogens is 200 g/mol. The highest BCUT2D eigenvalue weighted by atomic mass is 79.9. The molecule has 0 aliphatic heterocycles. The van der Waals surface area contributed by atoms with E-state index in [2.05, 4.69) is 46.3 Å². The topological polar surface area (TPSA) is 0 Å². The van der Waals surface area contributed by atoms with Gasteiger partial charge in [0.05, 0.1) is 0 Å². The molecule has 56 valence electrons. The van der Waals surface area contributed by atoms with Crippen molar-refractivity contribution >= 4 is 22.0 Å². The van der Waals surface area contributed by atoms with E-state index in [1.54, 1.807) is 0 Å². The Labute approximate surface area is 75.1 Å². The van der Waals surface area contributed by atoms with E-state index < -0.39 is 0 Å². The molecule has 0 N–H and O–H groups in total. The lowest BCUT2D eigenvalue weighted by Gasteiger charge is -2.10. The van der Waals surface area contributed by atoms with Crippen molar-refractivity contribution in [3.63, 3.8) is 0 Å². The van der Waals surface area contributed by atoms with Crippen LogP contribution in [0, 0.1) is 0 Å². The van der Waals surface area contributed by atoms with E-state index in [1.165, 1.54) is 28.4 Å². The molecule has 0 atom stereocenters. The molecule has 0 saturated carbocycles. The maximum absolute atomic E-state index is 3.55. The molecule has 1 aliphatic carbocycles. The van der Waals surface area contributed by atoms with Crippen LogP contribution in [0.3, 0.4) is 0 Å².